The van der Waals surface area contributed by atoms with E-state index in [1.54, 1.807) is 12.1 Å². The number of alkyl halides is 3. The second-order valence-corrected chi connectivity index (χ2v) is 4.79. The summed E-state index contributed by atoms with van der Waals surface area (Å²) >= 11 is 5.83. The van der Waals surface area contributed by atoms with E-state index < -0.39 is 17.8 Å². The Morgan fingerprint density at radius 2 is 1.96 bits per heavy atom. The molecule has 0 aliphatic rings. The smallest absolute Gasteiger partial charge is 0.417 e. The van der Waals surface area contributed by atoms with Gasteiger partial charge in [0.1, 0.15) is 11.6 Å². The van der Waals surface area contributed by atoms with E-state index in [1.807, 2.05) is 0 Å². The van der Waals surface area contributed by atoms with Crippen LogP contribution in [0.2, 0.25) is 5.02 Å². The monoisotopic (exact) mass is 345 g/mol. The molecule has 23 heavy (non-hydrogen) atoms. The Labute approximate surface area is 134 Å². The molecule has 0 radical (unpaired) electrons. The lowest BCUT2D eigenvalue weighted by atomic mass is 10.3. The van der Waals surface area contributed by atoms with Crippen molar-refractivity contribution in [2.24, 2.45) is 0 Å². The maximum absolute atomic E-state index is 12.4. The molecule has 0 aliphatic carbocycles. The number of urea groups is 1. The van der Waals surface area contributed by atoms with Crippen LogP contribution in [0.5, 0.6) is 5.75 Å². The molecule has 2 rings (SSSR count). The number of anilines is 2. The summed E-state index contributed by atoms with van der Waals surface area (Å²) in [7, 11) is 1.42. The van der Waals surface area contributed by atoms with Gasteiger partial charge in [-0.2, -0.15) is 13.2 Å². The number of pyridine rings is 1. The maximum atomic E-state index is 12.4. The van der Waals surface area contributed by atoms with Crippen molar-refractivity contribution in [3.8, 4) is 5.75 Å². The number of nitrogens with zero attached hydrogens (tertiary/aromatic N) is 1. The van der Waals surface area contributed by atoms with Gasteiger partial charge in [0.05, 0.1) is 18.4 Å². The molecule has 2 amide bonds. The molecule has 0 bridgehead atoms. The van der Waals surface area contributed by atoms with Crippen molar-refractivity contribution in [3.05, 3.63) is 47.1 Å². The number of nitrogens with one attached hydrogen (secondary N) is 2. The number of carbonyl (C=O) groups is 1. The molecule has 0 unspecified atom stereocenters. The summed E-state index contributed by atoms with van der Waals surface area (Å²) in [6.07, 6.45) is -3.85. The van der Waals surface area contributed by atoms with E-state index in [1.165, 1.54) is 13.2 Å². The standard InChI is InChI=1S/C14H11ClF3N3O2/c1-23-11-4-3-9(15)6-10(11)20-13(22)21-12-5-2-8(7-19-12)14(16,17)18/h2-7H,1H3,(H2,19,20,21,22). The Morgan fingerprint density at radius 1 is 1.22 bits per heavy atom. The summed E-state index contributed by atoms with van der Waals surface area (Å²) < 4.78 is 42.3. The van der Waals surface area contributed by atoms with Gasteiger partial charge in [0.25, 0.3) is 0 Å². The molecule has 0 saturated heterocycles. The number of amides is 2. The molecule has 1 aromatic heterocycles. The third kappa shape index (κ3) is 4.49. The molecule has 1 heterocycles. The van der Waals surface area contributed by atoms with Gasteiger partial charge in [-0.15, -0.1) is 0 Å². The number of carbonyl (C=O) groups excluding carboxylic acids is 1. The van der Waals surface area contributed by atoms with E-state index in [9.17, 15) is 18.0 Å². The van der Waals surface area contributed by atoms with E-state index in [4.69, 9.17) is 16.3 Å². The van der Waals surface area contributed by atoms with Crippen LogP contribution < -0.4 is 15.4 Å². The number of ether oxygens (including phenoxy) is 1. The highest BCUT2D eigenvalue weighted by Crippen LogP contribution is 2.29. The number of benzene rings is 1. The van der Waals surface area contributed by atoms with Crippen molar-refractivity contribution in [1.82, 2.24) is 4.98 Å². The van der Waals surface area contributed by atoms with Crippen LogP contribution in [0.1, 0.15) is 5.56 Å². The summed E-state index contributed by atoms with van der Waals surface area (Å²) in [4.78, 5) is 15.4. The lowest BCUT2D eigenvalue weighted by molar-refractivity contribution is -0.137. The van der Waals surface area contributed by atoms with E-state index in [2.05, 4.69) is 15.6 Å². The van der Waals surface area contributed by atoms with Crippen LogP contribution in [0, 0.1) is 0 Å². The minimum atomic E-state index is -4.48. The number of halogens is 4. The van der Waals surface area contributed by atoms with Gasteiger partial charge in [0.2, 0.25) is 0 Å². The van der Waals surface area contributed by atoms with Crippen LogP contribution in [0.4, 0.5) is 29.5 Å². The molecular weight excluding hydrogens is 335 g/mol. The molecule has 9 heteroatoms. The Bertz CT molecular complexity index is 705. The van der Waals surface area contributed by atoms with Crippen molar-refractivity contribution in [1.29, 1.82) is 0 Å². The maximum Gasteiger partial charge on any atom is 0.417 e. The van der Waals surface area contributed by atoms with E-state index in [0.29, 0.717) is 22.7 Å². The fourth-order valence-corrected chi connectivity index (χ4v) is 1.86. The summed E-state index contributed by atoms with van der Waals surface area (Å²) in [5.41, 5.74) is -0.593. The van der Waals surface area contributed by atoms with Gasteiger partial charge >= 0.3 is 12.2 Å². The minimum absolute atomic E-state index is 0.0310. The van der Waals surface area contributed by atoms with Crippen molar-refractivity contribution >= 4 is 29.1 Å². The normalized spacial score (nSPS) is 11.0. The van der Waals surface area contributed by atoms with E-state index >= 15 is 0 Å². The van der Waals surface area contributed by atoms with E-state index in [0.717, 1.165) is 12.1 Å². The lowest BCUT2D eigenvalue weighted by Gasteiger charge is -2.11. The Hall–Kier alpha value is -2.48. The largest absolute Gasteiger partial charge is 0.495 e. The first-order valence-electron chi connectivity index (χ1n) is 6.24. The van der Waals surface area contributed by atoms with E-state index in [-0.39, 0.29) is 5.82 Å². The molecule has 1 aromatic carbocycles. The average Bonchev–Trinajstić information content (AvgIpc) is 2.47. The zero-order valence-electron chi connectivity index (χ0n) is 11.7. The van der Waals surface area contributed by atoms with Crippen LogP contribution in [0.25, 0.3) is 0 Å². The summed E-state index contributed by atoms with van der Waals surface area (Å²) in [6, 6.07) is 5.80. The minimum Gasteiger partial charge on any atom is -0.495 e. The molecule has 0 fully saturated rings. The molecule has 122 valence electrons. The summed E-state index contributed by atoms with van der Waals surface area (Å²) in [5, 5.41) is 5.17. The van der Waals surface area contributed by atoms with Crippen LogP contribution in [0.3, 0.4) is 0 Å². The Morgan fingerprint density at radius 3 is 2.52 bits per heavy atom. The second kappa shape index (κ2) is 6.74. The van der Waals surface area contributed by atoms with Crippen LogP contribution >= 0.6 is 11.6 Å². The summed E-state index contributed by atoms with van der Waals surface area (Å²) in [5.74, 6) is 0.349. The predicted octanol–water partition coefficient (Wildman–Crippen LogP) is 4.41. The molecule has 0 saturated carbocycles. The van der Waals surface area contributed by atoms with Gasteiger partial charge in [-0.1, -0.05) is 11.6 Å². The van der Waals surface area contributed by atoms with Crippen LogP contribution in [-0.4, -0.2) is 18.1 Å². The van der Waals surface area contributed by atoms with Gasteiger partial charge < -0.3 is 10.1 Å². The molecule has 0 spiro atoms. The number of rotatable bonds is 3. The number of aromatic nitrogens is 1. The number of hydrogen-bond donors (Lipinski definition) is 2. The molecular formula is C14H11ClF3N3O2. The lowest BCUT2D eigenvalue weighted by Crippen LogP contribution is -2.20. The third-order valence-corrected chi connectivity index (χ3v) is 2.98. The van der Waals surface area contributed by atoms with Crippen molar-refractivity contribution < 1.29 is 22.7 Å². The highest BCUT2D eigenvalue weighted by atomic mass is 35.5. The van der Waals surface area contributed by atoms with Crippen molar-refractivity contribution in [2.45, 2.75) is 6.18 Å². The van der Waals surface area contributed by atoms with Crippen LogP contribution in [-0.2, 0) is 6.18 Å². The first kappa shape index (κ1) is 16.9. The second-order valence-electron chi connectivity index (χ2n) is 4.35. The molecule has 2 N–H and O–H groups in total. The van der Waals surface area contributed by atoms with Crippen molar-refractivity contribution in [2.75, 3.05) is 17.7 Å². The number of methoxy groups -OCH3 is 1. The third-order valence-electron chi connectivity index (χ3n) is 2.74. The fraction of sp³-hybridized carbons (Fsp3) is 0.143. The topological polar surface area (TPSA) is 63.2 Å². The zero-order valence-corrected chi connectivity index (χ0v) is 12.5. The Kier molecular flexibility index (Phi) is 4.95. The van der Waals surface area contributed by atoms with Crippen LogP contribution in [0.15, 0.2) is 36.5 Å². The Balaban J connectivity index is 2.07. The predicted molar refractivity (Wildman–Crippen MR) is 79.9 cm³/mol. The average molecular weight is 346 g/mol. The zero-order chi connectivity index (χ0) is 17.0. The van der Waals surface area contributed by atoms with Gasteiger partial charge in [-0.05, 0) is 30.3 Å². The van der Waals surface area contributed by atoms with Crippen molar-refractivity contribution in [3.63, 3.8) is 0 Å². The quantitative estimate of drug-likeness (QED) is 0.866. The number of hydrogen-bond acceptors (Lipinski definition) is 3. The molecule has 0 aliphatic heterocycles. The SMILES string of the molecule is COc1ccc(Cl)cc1NC(=O)Nc1ccc(C(F)(F)F)cn1. The van der Waals surface area contributed by atoms with Gasteiger partial charge in [0.15, 0.2) is 0 Å². The van der Waals surface area contributed by atoms with Gasteiger partial charge in [-0.3, -0.25) is 5.32 Å². The highest BCUT2D eigenvalue weighted by Gasteiger charge is 2.30. The first-order valence-corrected chi connectivity index (χ1v) is 6.62. The van der Waals surface area contributed by atoms with Gasteiger partial charge in [-0.25, -0.2) is 9.78 Å². The van der Waals surface area contributed by atoms with Gasteiger partial charge in [0, 0.05) is 11.2 Å². The summed E-state index contributed by atoms with van der Waals surface area (Å²) in [6.45, 7) is 0. The molecule has 5 nitrogen and oxygen atoms in total. The molecule has 0 atom stereocenters. The fourth-order valence-electron chi connectivity index (χ4n) is 1.68. The first-order chi connectivity index (χ1) is 10.8. The molecule has 2 aromatic rings. The highest BCUT2D eigenvalue weighted by molar-refractivity contribution is 6.31.